The molecule has 2 N–H and O–H groups in total. The summed E-state index contributed by atoms with van der Waals surface area (Å²) in [7, 11) is 1.67. The van der Waals surface area contributed by atoms with Crippen LogP contribution in [0, 0.1) is 0 Å². The van der Waals surface area contributed by atoms with Crippen molar-refractivity contribution in [2.24, 2.45) is 0 Å². The van der Waals surface area contributed by atoms with Gasteiger partial charge in [0.25, 0.3) is 0 Å². The summed E-state index contributed by atoms with van der Waals surface area (Å²) in [5, 5.41) is 0. The second-order valence-electron chi connectivity index (χ2n) is 4.18. The minimum atomic E-state index is 0.480. The molecule has 0 radical (unpaired) electrons. The SMILES string of the molecule is COc1ccc(C(C)C)cc1-c1scnc1N. The number of nitrogens with two attached hydrogens (primary N) is 1. The highest BCUT2D eigenvalue weighted by Crippen LogP contribution is 2.38. The fraction of sp³-hybridized carbons (Fsp3) is 0.308. The third kappa shape index (κ3) is 2.26. The summed E-state index contributed by atoms with van der Waals surface area (Å²) in [6, 6.07) is 6.21. The summed E-state index contributed by atoms with van der Waals surface area (Å²) in [6.45, 7) is 4.34. The zero-order valence-electron chi connectivity index (χ0n) is 10.2. The van der Waals surface area contributed by atoms with E-state index in [1.165, 1.54) is 16.9 Å². The average Bonchev–Trinajstić information content (AvgIpc) is 2.74. The number of methoxy groups -OCH3 is 1. The summed E-state index contributed by atoms with van der Waals surface area (Å²) in [5.74, 6) is 1.88. The van der Waals surface area contributed by atoms with Crippen molar-refractivity contribution in [1.82, 2.24) is 4.98 Å². The molecule has 2 rings (SSSR count). The Morgan fingerprint density at radius 3 is 2.65 bits per heavy atom. The van der Waals surface area contributed by atoms with Crippen molar-refractivity contribution in [2.75, 3.05) is 12.8 Å². The standard InChI is InChI=1S/C13H16N2OS/c1-8(2)9-4-5-11(16-3)10(6-9)12-13(14)15-7-17-12/h4-8H,14H2,1-3H3. The van der Waals surface area contributed by atoms with E-state index in [1.54, 1.807) is 12.6 Å². The Morgan fingerprint density at radius 2 is 2.12 bits per heavy atom. The van der Waals surface area contributed by atoms with Crippen LogP contribution in [0.4, 0.5) is 5.82 Å². The summed E-state index contributed by atoms with van der Waals surface area (Å²) in [6.07, 6.45) is 0. The van der Waals surface area contributed by atoms with E-state index in [-0.39, 0.29) is 0 Å². The largest absolute Gasteiger partial charge is 0.496 e. The van der Waals surface area contributed by atoms with Gasteiger partial charge in [0.1, 0.15) is 11.6 Å². The minimum absolute atomic E-state index is 0.480. The molecule has 1 heterocycles. The van der Waals surface area contributed by atoms with Gasteiger partial charge in [-0.15, -0.1) is 11.3 Å². The van der Waals surface area contributed by atoms with Gasteiger partial charge in [0.2, 0.25) is 0 Å². The van der Waals surface area contributed by atoms with Gasteiger partial charge in [0.15, 0.2) is 0 Å². The molecule has 0 aliphatic carbocycles. The maximum Gasteiger partial charge on any atom is 0.142 e. The topological polar surface area (TPSA) is 48.1 Å². The number of hydrogen-bond donors (Lipinski definition) is 1. The van der Waals surface area contributed by atoms with Crippen molar-refractivity contribution in [2.45, 2.75) is 19.8 Å². The summed E-state index contributed by atoms with van der Waals surface area (Å²) in [5.41, 5.74) is 9.92. The Kier molecular flexibility index (Phi) is 3.33. The first-order valence-corrected chi connectivity index (χ1v) is 6.38. The Bertz CT molecular complexity index is 520. The number of ether oxygens (including phenoxy) is 1. The third-order valence-corrected chi connectivity index (χ3v) is 3.61. The van der Waals surface area contributed by atoms with Crippen LogP contribution in [0.2, 0.25) is 0 Å². The Hall–Kier alpha value is -1.55. The molecule has 2 aromatic rings. The maximum atomic E-state index is 5.87. The summed E-state index contributed by atoms with van der Waals surface area (Å²) < 4.78 is 5.38. The summed E-state index contributed by atoms with van der Waals surface area (Å²) >= 11 is 1.54. The van der Waals surface area contributed by atoms with E-state index in [4.69, 9.17) is 10.5 Å². The second-order valence-corrected chi connectivity index (χ2v) is 5.04. The highest BCUT2D eigenvalue weighted by molar-refractivity contribution is 7.13. The molecule has 0 bridgehead atoms. The number of hydrogen-bond acceptors (Lipinski definition) is 4. The number of nitrogens with zero attached hydrogens (tertiary/aromatic N) is 1. The zero-order valence-corrected chi connectivity index (χ0v) is 11.0. The van der Waals surface area contributed by atoms with E-state index in [0.717, 1.165) is 16.2 Å². The molecule has 0 aliphatic rings. The van der Waals surface area contributed by atoms with Crippen molar-refractivity contribution in [1.29, 1.82) is 0 Å². The van der Waals surface area contributed by atoms with Crippen LogP contribution in [0.15, 0.2) is 23.7 Å². The Labute approximate surface area is 105 Å². The molecule has 0 spiro atoms. The van der Waals surface area contributed by atoms with E-state index in [0.29, 0.717) is 11.7 Å². The molecular formula is C13H16N2OS. The second kappa shape index (κ2) is 4.75. The Morgan fingerprint density at radius 1 is 1.35 bits per heavy atom. The van der Waals surface area contributed by atoms with Crippen molar-refractivity contribution in [3.63, 3.8) is 0 Å². The average molecular weight is 248 g/mol. The monoisotopic (exact) mass is 248 g/mol. The minimum Gasteiger partial charge on any atom is -0.496 e. The number of rotatable bonds is 3. The molecule has 0 aliphatic heterocycles. The van der Waals surface area contributed by atoms with E-state index in [9.17, 15) is 0 Å². The van der Waals surface area contributed by atoms with Gasteiger partial charge < -0.3 is 10.5 Å². The first-order chi connectivity index (χ1) is 8.13. The van der Waals surface area contributed by atoms with Crippen molar-refractivity contribution in [3.05, 3.63) is 29.3 Å². The van der Waals surface area contributed by atoms with E-state index >= 15 is 0 Å². The number of nitrogen functional groups attached to an aromatic ring is 1. The molecule has 0 saturated heterocycles. The molecule has 4 heteroatoms. The van der Waals surface area contributed by atoms with Crippen LogP contribution in [0.5, 0.6) is 5.75 Å². The fourth-order valence-corrected chi connectivity index (χ4v) is 2.45. The highest BCUT2D eigenvalue weighted by Gasteiger charge is 2.13. The fourth-order valence-electron chi connectivity index (χ4n) is 1.72. The van der Waals surface area contributed by atoms with Crippen LogP contribution >= 0.6 is 11.3 Å². The molecular weight excluding hydrogens is 232 g/mol. The van der Waals surface area contributed by atoms with Gasteiger partial charge in [-0.25, -0.2) is 4.98 Å². The predicted octanol–water partition coefficient (Wildman–Crippen LogP) is 3.52. The Balaban J connectivity index is 2.57. The van der Waals surface area contributed by atoms with Gasteiger partial charge in [-0.3, -0.25) is 0 Å². The molecule has 0 fully saturated rings. The van der Waals surface area contributed by atoms with Crippen molar-refractivity contribution >= 4 is 17.2 Å². The van der Waals surface area contributed by atoms with Crippen LogP contribution in [0.25, 0.3) is 10.4 Å². The van der Waals surface area contributed by atoms with Crippen LogP contribution < -0.4 is 10.5 Å². The molecule has 17 heavy (non-hydrogen) atoms. The van der Waals surface area contributed by atoms with Gasteiger partial charge in [-0.05, 0) is 23.6 Å². The maximum absolute atomic E-state index is 5.87. The summed E-state index contributed by atoms with van der Waals surface area (Å²) in [4.78, 5) is 5.06. The van der Waals surface area contributed by atoms with Crippen LogP contribution in [-0.2, 0) is 0 Å². The highest BCUT2D eigenvalue weighted by atomic mass is 32.1. The van der Waals surface area contributed by atoms with Gasteiger partial charge in [0, 0.05) is 5.56 Å². The third-order valence-electron chi connectivity index (χ3n) is 2.73. The predicted molar refractivity (Wildman–Crippen MR) is 72.6 cm³/mol. The normalized spacial score (nSPS) is 10.8. The lowest BCUT2D eigenvalue weighted by molar-refractivity contribution is 0.416. The number of aromatic nitrogens is 1. The molecule has 0 atom stereocenters. The van der Waals surface area contributed by atoms with E-state index in [2.05, 4.69) is 31.0 Å². The molecule has 0 unspecified atom stereocenters. The molecule has 0 amide bonds. The van der Waals surface area contributed by atoms with Gasteiger partial charge in [-0.1, -0.05) is 19.9 Å². The molecule has 3 nitrogen and oxygen atoms in total. The van der Waals surface area contributed by atoms with Crippen LogP contribution in [0.1, 0.15) is 25.3 Å². The first-order valence-electron chi connectivity index (χ1n) is 5.50. The molecule has 1 aromatic carbocycles. The lowest BCUT2D eigenvalue weighted by Gasteiger charge is -2.11. The van der Waals surface area contributed by atoms with E-state index < -0.39 is 0 Å². The molecule has 0 saturated carbocycles. The van der Waals surface area contributed by atoms with Gasteiger partial charge >= 0.3 is 0 Å². The lowest BCUT2D eigenvalue weighted by Crippen LogP contribution is -1.94. The smallest absolute Gasteiger partial charge is 0.142 e. The van der Waals surface area contributed by atoms with Crippen molar-refractivity contribution in [3.8, 4) is 16.2 Å². The quantitative estimate of drug-likeness (QED) is 0.904. The van der Waals surface area contributed by atoms with Crippen LogP contribution in [-0.4, -0.2) is 12.1 Å². The number of anilines is 1. The number of benzene rings is 1. The zero-order chi connectivity index (χ0) is 12.4. The number of thiazole rings is 1. The molecule has 1 aromatic heterocycles. The van der Waals surface area contributed by atoms with Gasteiger partial charge in [0.05, 0.1) is 17.5 Å². The van der Waals surface area contributed by atoms with Crippen molar-refractivity contribution < 1.29 is 4.74 Å². The molecule has 90 valence electrons. The van der Waals surface area contributed by atoms with E-state index in [1.807, 2.05) is 6.07 Å². The lowest BCUT2D eigenvalue weighted by atomic mass is 9.99. The first kappa shape index (κ1) is 11.9. The van der Waals surface area contributed by atoms with Crippen LogP contribution in [0.3, 0.4) is 0 Å². The van der Waals surface area contributed by atoms with Gasteiger partial charge in [-0.2, -0.15) is 0 Å².